The van der Waals surface area contributed by atoms with Gasteiger partial charge >= 0.3 is 11.9 Å². The molecule has 2 amide bonds. The van der Waals surface area contributed by atoms with Gasteiger partial charge in [-0.15, -0.1) is 0 Å². The summed E-state index contributed by atoms with van der Waals surface area (Å²) in [5.74, 6) is -2.56. The summed E-state index contributed by atoms with van der Waals surface area (Å²) in [6.07, 6.45) is 30.2. The molecule has 210 valence electrons. The molecule has 0 saturated heterocycles. The van der Waals surface area contributed by atoms with Crippen molar-refractivity contribution in [2.24, 2.45) is 0 Å². The van der Waals surface area contributed by atoms with Crippen LogP contribution in [0.1, 0.15) is 71.1 Å². The van der Waals surface area contributed by atoms with Crippen molar-refractivity contribution < 1.29 is 29.0 Å². The van der Waals surface area contributed by atoms with Gasteiger partial charge in [0.05, 0.1) is 7.11 Å². The van der Waals surface area contributed by atoms with Gasteiger partial charge in [0.15, 0.2) is 0 Å². The molecule has 0 aromatic heterocycles. The number of ether oxygens (including phenoxy) is 1. The van der Waals surface area contributed by atoms with Crippen molar-refractivity contribution in [3.8, 4) is 0 Å². The SMILES string of the molecule is CCC=CCC=CCC=CCC=CCC=CCCCC(=O)N[C@@H](CCCNC(=O)C=CC(=O)OC)C(=O)O. The zero-order valence-electron chi connectivity index (χ0n) is 22.8. The number of hydrogen-bond acceptors (Lipinski definition) is 5. The van der Waals surface area contributed by atoms with Crippen LogP contribution >= 0.6 is 0 Å². The van der Waals surface area contributed by atoms with E-state index < -0.39 is 23.9 Å². The fourth-order valence-electron chi connectivity index (χ4n) is 3.06. The van der Waals surface area contributed by atoms with Crippen LogP contribution in [0.2, 0.25) is 0 Å². The Labute approximate surface area is 227 Å². The molecule has 0 spiro atoms. The highest BCUT2D eigenvalue weighted by atomic mass is 16.5. The van der Waals surface area contributed by atoms with E-state index in [4.69, 9.17) is 0 Å². The molecular weight excluding hydrogens is 484 g/mol. The first-order valence-corrected chi connectivity index (χ1v) is 13.2. The zero-order valence-corrected chi connectivity index (χ0v) is 22.8. The molecule has 0 unspecified atom stereocenters. The van der Waals surface area contributed by atoms with Gasteiger partial charge in [-0.25, -0.2) is 9.59 Å². The number of allylic oxidation sites excluding steroid dienone is 10. The Kier molecular flexibility index (Phi) is 22.6. The molecule has 0 aromatic rings. The van der Waals surface area contributed by atoms with E-state index in [1.54, 1.807) is 0 Å². The lowest BCUT2D eigenvalue weighted by Gasteiger charge is -2.14. The van der Waals surface area contributed by atoms with E-state index in [1.807, 2.05) is 6.08 Å². The molecule has 0 bridgehead atoms. The molecule has 38 heavy (non-hydrogen) atoms. The van der Waals surface area contributed by atoms with Crippen LogP contribution in [0.4, 0.5) is 0 Å². The molecule has 0 aliphatic carbocycles. The summed E-state index contributed by atoms with van der Waals surface area (Å²) in [6, 6.07) is -1.02. The highest BCUT2D eigenvalue weighted by Gasteiger charge is 2.19. The molecule has 0 aliphatic heterocycles. The van der Waals surface area contributed by atoms with E-state index in [-0.39, 0.29) is 25.3 Å². The summed E-state index contributed by atoms with van der Waals surface area (Å²) in [5, 5.41) is 14.4. The van der Waals surface area contributed by atoms with Crippen molar-refractivity contribution >= 4 is 23.8 Å². The standard InChI is InChI=1S/C30H44N2O6/c1-3-4-5-6-7-8-9-10-11-12-13-14-15-16-17-18-19-22-28(34)32-26(30(36)37)21-20-25-31-27(33)23-24-29(35)38-2/h4-5,7-8,10-11,13-14,16-17,23-24,26H,3,6,9,12,15,18-22,25H2,1-2H3,(H,31,33)(H,32,34)(H,36,37)/t26-/m0/s1. The van der Waals surface area contributed by atoms with E-state index in [9.17, 15) is 24.3 Å². The average molecular weight is 529 g/mol. The van der Waals surface area contributed by atoms with Gasteiger partial charge in [0.1, 0.15) is 6.04 Å². The lowest BCUT2D eigenvalue weighted by molar-refractivity contribution is -0.142. The van der Waals surface area contributed by atoms with Crippen molar-refractivity contribution in [1.29, 1.82) is 0 Å². The van der Waals surface area contributed by atoms with Crippen molar-refractivity contribution in [1.82, 2.24) is 10.6 Å². The molecule has 8 nitrogen and oxygen atoms in total. The summed E-state index contributed by atoms with van der Waals surface area (Å²) >= 11 is 0. The summed E-state index contributed by atoms with van der Waals surface area (Å²) < 4.78 is 4.39. The van der Waals surface area contributed by atoms with E-state index in [0.29, 0.717) is 12.8 Å². The molecule has 8 heteroatoms. The maximum atomic E-state index is 12.1. The molecule has 1 atom stereocenters. The summed E-state index contributed by atoms with van der Waals surface area (Å²) in [7, 11) is 1.20. The molecule has 0 aromatic carbocycles. The van der Waals surface area contributed by atoms with Crippen LogP contribution in [0, 0.1) is 0 Å². The monoisotopic (exact) mass is 528 g/mol. The highest BCUT2D eigenvalue weighted by Crippen LogP contribution is 2.02. The van der Waals surface area contributed by atoms with Crippen LogP contribution in [-0.2, 0) is 23.9 Å². The maximum Gasteiger partial charge on any atom is 0.330 e. The summed E-state index contributed by atoms with van der Waals surface area (Å²) in [4.78, 5) is 46.0. The molecule has 3 N–H and O–H groups in total. The predicted octanol–water partition coefficient (Wildman–Crippen LogP) is 5.10. The van der Waals surface area contributed by atoms with E-state index >= 15 is 0 Å². The third-order valence-electron chi connectivity index (χ3n) is 5.11. The van der Waals surface area contributed by atoms with Crippen LogP contribution in [0.25, 0.3) is 0 Å². The minimum Gasteiger partial charge on any atom is -0.480 e. The Morgan fingerprint density at radius 3 is 1.87 bits per heavy atom. The van der Waals surface area contributed by atoms with Gasteiger partial charge in [0.2, 0.25) is 11.8 Å². The van der Waals surface area contributed by atoms with Crippen molar-refractivity contribution in [3.63, 3.8) is 0 Å². The summed E-state index contributed by atoms with van der Waals surface area (Å²) in [6.45, 7) is 2.34. The topological polar surface area (TPSA) is 122 Å². The Balaban J connectivity index is 3.96. The number of methoxy groups -OCH3 is 1. The Morgan fingerprint density at radius 2 is 1.34 bits per heavy atom. The number of carbonyl (C=O) groups is 4. The minimum absolute atomic E-state index is 0.177. The number of hydrogen-bond donors (Lipinski definition) is 3. The van der Waals surface area contributed by atoms with Gasteiger partial charge in [-0.05, 0) is 57.8 Å². The Morgan fingerprint density at radius 1 is 0.789 bits per heavy atom. The van der Waals surface area contributed by atoms with Gasteiger partial charge < -0.3 is 20.5 Å². The fourth-order valence-corrected chi connectivity index (χ4v) is 3.06. The second kappa shape index (κ2) is 25.0. The normalized spacial score (nSPS) is 12.9. The number of esters is 1. The molecule has 0 rings (SSSR count). The Hall–Kier alpha value is -3.68. The number of aliphatic carboxylic acids is 1. The van der Waals surface area contributed by atoms with Gasteiger partial charge in [0, 0.05) is 25.1 Å². The average Bonchev–Trinajstić information content (AvgIpc) is 2.90. The predicted molar refractivity (Wildman–Crippen MR) is 151 cm³/mol. The van der Waals surface area contributed by atoms with Gasteiger partial charge in [-0.1, -0.05) is 67.7 Å². The molecule has 0 heterocycles. The van der Waals surface area contributed by atoms with Crippen LogP contribution in [-0.4, -0.2) is 48.6 Å². The first-order chi connectivity index (χ1) is 18.4. The largest absolute Gasteiger partial charge is 0.480 e. The smallest absolute Gasteiger partial charge is 0.330 e. The van der Waals surface area contributed by atoms with Crippen LogP contribution in [0.3, 0.4) is 0 Å². The number of carboxylic acids is 1. The number of unbranched alkanes of at least 4 members (excludes halogenated alkanes) is 1. The number of amides is 2. The van der Waals surface area contributed by atoms with Crippen molar-refractivity contribution in [2.45, 2.75) is 77.2 Å². The first kappa shape index (κ1) is 34.3. The van der Waals surface area contributed by atoms with Gasteiger partial charge in [0.25, 0.3) is 0 Å². The molecule has 0 aliphatic rings. The molecule has 0 fully saturated rings. The second-order valence-electron chi connectivity index (χ2n) is 8.35. The summed E-state index contributed by atoms with van der Waals surface area (Å²) in [5.41, 5.74) is 0. The quantitative estimate of drug-likeness (QED) is 0.0824. The van der Waals surface area contributed by atoms with Gasteiger partial charge in [-0.2, -0.15) is 0 Å². The van der Waals surface area contributed by atoms with Crippen LogP contribution in [0.5, 0.6) is 0 Å². The minimum atomic E-state index is -1.12. The fraction of sp³-hybridized carbons (Fsp3) is 0.467. The molecule has 0 radical (unpaired) electrons. The molecular formula is C30H44N2O6. The molecule has 0 saturated carbocycles. The lowest BCUT2D eigenvalue weighted by Crippen LogP contribution is -2.41. The Bertz CT molecular complexity index is 868. The maximum absolute atomic E-state index is 12.1. The van der Waals surface area contributed by atoms with Crippen molar-refractivity contribution in [3.05, 3.63) is 72.9 Å². The zero-order chi connectivity index (χ0) is 28.3. The second-order valence-corrected chi connectivity index (χ2v) is 8.35. The first-order valence-electron chi connectivity index (χ1n) is 13.2. The third-order valence-corrected chi connectivity index (χ3v) is 5.11. The number of carbonyl (C=O) groups excluding carboxylic acids is 3. The third kappa shape index (κ3) is 22.8. The van der Waals surface area contributed by atoms with E-state index in [1.165, 1.54) is 7.11 Å². The van der Waals surface area contributed by atoms with Gasteiger partial charge in [-0.3, -0.25) is 9.59 Å². The van der Waals surface area contributed by atoms with Crippen molar-refractivity contribution in [2.75, 3.05) is 13.7 Å². The van der Waals surface area contributed by atoms with Crippen LogP contribution in [0.15, 0.2) is 72.9 Å². The number of carboxylic acid groups (broad SMARTS) is 1. The van der Waals surface area contributed by atoms with E-state index in [0.717, 1.165) is 50.7 Å². The number of nitrogens with one attached hydrogen (secondary N) is 2. The highest BCUT2D eigenvalue weighted by molar-refractivity contribution is 5.94. The lowest BCUT2D eigenvalue weighted by atomic mass is 10.1. The van der Waals surface area contributed by atoms with E-state index in [2.05, 4.69) is 77.0 Å². The number of rotatable bonds is 21. The van der Waals surface area contributed by atoms with Crippen LogP contribution < -0.4 is 10.6 Å².